The summed E-state index contributed by atoms with van der Waals surface area (Å²) in [6.07, 6.45) is 7.33. The number of hydrogen-bond acceptors (Lipinski definition) is 4. The minimum atomic E-state index is -0.471. The van der Waals surface area contributed by atoms with Crippen molar-refractivity contribution in [2.45, 2.75) is 57.5 Å². The van der Waals surface area contributed by atoms with E-state index in [1.165, 1.54) is 12.8 Å². The first-order valence-corrected chi connectivity index (χ1v) is 9.46. The molecule has 1 saturated carbocycles. The molecule has 1 aliphatic heterocycles. The summed E-state index contributed by atoms with van der Waals surface area (Å²) >= 11 is 0. The minimum absolute atomic E-state index is 0.135. The maximum absolute atomic E-state index is 12.6. The van der Waals surface area contributed by atoms with Crippen molar-refractivity contribution in [1.29, 1.82) is 0 Å². The first kappa shape index (κ1) is 18.5. The molecular weight excluding hydrogens is 332 g/mol. The lowest BCUT2D eigenvalue weighted by atomic mass is 9.98. The summed E-state index contributed by atoms with van der Waals surface area (Å²) in [5, 5.41) is 2.95. The summed E-state index contributed by atoms with van der Waals surface area (Å²) in [5.41, 5.74) is 2.14. The number of nitrogens with zero attached hydrogens (tertiary/aromatic N) is 1. The van der Waals surface area contributed by atoms with E-state index in [2.05, 4.69) is 5.32 Å². The predicted molar refractivity (Wildman–Crippen MR) is 98.3 cm³/mol. The Labute approximate surface area is 154 Å². The number of methoxy groups -OCH3 is 2. The quantitative estimate of drug-likeness (QED) is 0.664. The topological polar surface area (TPSA) is 67.9 Å². The maximum atomic E-state index is 12.6. The zero-order valence-corrected chi connectivity index (χ0v) is 15.7. The van der Waals surface area contributed by atoms with Crippen LogP contribution in [0.25, 0.3) is 0 Å². The number of carbonyl (C=O) groups is 2. The van der Waals surface area contributed by atoms with Crippen LogP contribution in [0.1, 0.15) is 49.7 Å². The summed E-state index contributed by atoms with van der Waals surface area (Å²) < 4.78 is 10.7. The standard InChI is InChI=1S/C20H28N2O4/c1-25-17-11-14-9-10-22(13-15(14)12-18(17)26-2)20(24)19(23)21-16-7-5-3-4-6-8-16/h11-12,16H,3-10,13H2,1-2H3,(H,21,23). The number of rotatable bonds is 3. The van der Waals surface area contributed by atoms with Gasteiger partial charge in [-0.25, -0.2) is 0 Å². The second-order valence-corrected chi connectivity index (χ2v) is 7.11. The van der Waals surface area contributed by atoms with E-state index in [0.29, 0.717) is 31.0 Å². The number of amides is 2. The van der Waals surface area contributed by atoms with Gasteiger partial charge in [0, 0.05) is 19.1 Å². The highest BCUT2D eigenvalue weighted by Crippen LogP contribution is 2.33. The minimum Gasteiger partial charge on any atom is -0.493 e. The number of carbonyl (C=O) groups excluding carboxylic acids is 2. The highest BCUT2D eigenvalue weighted by molar-refractivity contribution is 6.35. The lowest BCUT2D eigenvalue weighted by molar-refractivity contribution is -0.146. The lowest BCUT2D eigenvalue weighted by Crippen LogP contribution is -2.47. The van der Waals surface area contributed by atoms with Crippen molar-refractivity contribution in [3.05, 3.63) is 23.3 Å². The van der Waals surface area contributed by atoms with Crippen molar-refractivity contribution in [2.24, 2.45) is 0 Å². The van der Waals surface area contributed by atoms with Crippen LogP contribution in [0, 0.1) is 0 Å². The molecule has 2 amide bonds. The summed E-state index contributed by atoms with van der Waals surface area (Å²) in [6, 6.07) is 3.99. The van der Waals surface area contributed by atoms with Gasteiger partial charge < -0.3 is 19.7 Å². The van der Waals surface area contributed by atoms with E-state index in [1.807, 2.05) is 12.1 Å². The first-order valence-electron chi connectivity index (χ1n) is 9.46. The Hall–Kier alpha value is -2.24. The Bertz CT molecular complexity index is 666. The Morgan fingerprint density at radius 3 is 2.23 bits per heavy atom. The van der Waals surface area contributed by atoms with E-state index in [9.17, 15) is 9.59 Å². The van der Waals surface area contributed by atoms with Crippen molar-refractivity contribution in [3.63, 3.8) is 0 Å². The van der Waals surface area contributed by atoms with Crippen LogP contribution in [0.15, 0.2) is 12.1 Å². The van der Waals surface area contributed by atoms with Gasteiger partial charge in [0.15, 0.2) is 11.5 Å². The van der Waals surface area contributed by atoms with Gasteiger partial charge in [-0.1, -0.05) is 25.7 Å². The van der Waals surface area contributed by atoms with E-state index >= 15 is 0 Å². The Kier molecular flexibility index (Phi) is 6.01. The third-order valence-electron chi connectivity index (χ3n) is 5.39. The van der Waals surface area contributed by atoms with Gasteiger partial charge in [-0.15, -0.1) is 0 Å². The highest BCUT2D eigenvalue weighted by atomic mass is 16.5. The number of ether oxygens (including phenoxy) is 2. The Morgan fingerprint density at radius 1 is 1.00 bits per heavy atom. The number of nitrogens with one attached hydrogen (secondary N) is 1. The van der Waals surface area contributed by atoms with Gasteiger partial charge in [-0.05, 0) is 42.5 Å². The maximum Gasteiger partial charge on any atom is 0.312 e. The molecule has 6 nitrogen and oxygen atoms in total. The molecule has 1 aliphatic carbocycles. The SMILES string of the molecule is COc1cc2c(cc1OC)CN(C(=O)C(=O)NC1CCCCCC1)CC2. The average molecular weight is 360 g/mol. The predicted octanol–water partition coefficient (Wildman–Crippen LogP) is 2.43. The number of hydrogen-bond donors (Lipinski definition) is 1. The van der Waals surface area contributed by atoms with Gasteiger partial charge in [0.2, 0.25) is 0 Å². The Balaban J connectivity index is 1.65. The Morgan fingerprint density at radius 2 is 1.62 bits per heavy atom. The van der Waals surface area contributed by atoms with Crippen molar-refractivity contribution < 1.29 is 19.1 Å². The molecule has 0 bridgehead atoms. The fourth-order valence-corrected chi connectivity index (χ4v) is 3.87. The molecule has 26 heavy (non-hydrogen) atoms. The average Bonchev–Trinajstić information content (AvgIpc) is 2.94. The van der Waals surface area contributed by atoms with E-state index in [4.69, 9.17) is 9.47 Å². The van der Waals surface area contributed by atoms with Gasteiger partial charge in [-0.2, -0.15) is 0 Å². The van der Waals surface area contributed by atoms with E-state index in [1.54, 1.807) is 19.1 Å². The largest absolute Gasteiger partial charge is 0.493 e. The fourth-order valence-electron chi connectivity index (χ4n) is 3.87. The lowest BCUT2D eigenvalue weighted by Gasteiger charge is -2.29. The molecule has 0 unspecified atom stereocenters. The van der Waals surface area contributed by atoms with E-state index < -0.39 is 11.8 Å². The molecule has 1 aromatic carbocycles. The monoisotopic (exact) mass is 360 g/mol. The van der Waals surface area contributed by atoms with Crippen molar-refractivity contribution in [3.8, 4) is 11.5 Å². The van der Waals surface area contributed by atoms with E-state index in [-0.39, 0.29) is 6.04 Å². The van der Waals surface area contributed by atoms with Crippen LogP contribution in [0.2, 0.25) is 0 Å². The molecule has 6 heteroatoms. The third-order valence-corrected chi connectivity index (χ3v) is 5.39. The summed E-state index contributed by atoms with van der Waals surface area (Å²) in [5.74, 6) is 0.427. The zero-order valence-electron chi connectivity index (χ0n) is 15.7. The molecule has 0 atom stereocenters. The van der Waals surface area contributed by atoms with E-state index in [0.717, 1.165) is 36.8 Å². The molecule has 1 fully saturated rings. The van der Waals surface area contributed by atoms with Crippen LogP contribution >= 0.6 is 0 Å². The molecule has 0 spiro atoms. The third kappa shape index (κ3) is 4.11. The second kappa shape index (κ2) is 8.43. The molecule has 0 aromatic heterocycles. The van der Waals surface area contributed by atoms with Crippen molar-refractivity contribution in [1.82, 2.24) is 10.2 Å². The zero-order chi connectivity index (χ0) is 18.5. The van der Waals surface area contributed by atoms with Crippen LogP contribution < -0.4 is 14.8 Å². The fraction of sp³-hybridized carbons (Fsp3) is 0.600. The van der Waals surface area contributed by atoms with Crippen LogP contribution in [0.3, 0.4) is 0 Å². The first-order chi connectivity index (χ1) is 12.6. The molecule has 1 heterocycles. The normalized spacial score (nSPS) is 17.8. The van der Waals surface area contributed by atoms with Gasteiger partial charge in [0.25, 0.3) is 0 Å². The number of fused-ring (bicyclic) bond motifs is 1. The molecule has 1 aromatic rings. The molecular formula is C20H28N2O4. The van der Waals surface area contributed by atoms with Gasteiger partial charge in [0.1, 0.15) is 0 Å². The van der Waals surface area contributed by atoms with Gasteiger partial charge in [-0.3, -0.25) is 9.59 Å². The van der Waals surface area contributed by atoms with Crippen LogP contribution in [-0.4, -0.2) is 43.5 Å². The second-order valence-electron chi connectivity index (χ2n) is 7.11. The molecule has 0 radical (unpaired) electrons. The molecule has 2 aliphatic rings. The molecule has 0 saturated heterocycles. The van der Waals surface area contributed by atoms with Crippen LogP contribution in [0.5, 0.6) is 11.5 Å². The summed E-state index contributed by atoms with van der Waals surface area (Å²) in [4.78, 5) is 26.6. The summed E-state index contributed by atoms with van der Waals surface area (Å²) in [6.45, 7) is 0.964. The molecule has 3 rings (SSSR count). The van der Waals surface area contributed by atoms with Gasteiger partial charge >= 0.3 is 11.8 Å². The van der Waals surface area contributed by atoms with Crippen molar-refractivity contribution in [2.75, 3.05) is 20.8 Å². The smallest absolute Gasteiger partial charge is 0.312 e. The molecule has 1 N–H and O–H groups in total. The van der Waals surface area contributed by atoms with Crippen LogP contribution in [-0.2, 0) is 22.6 Å². The summed E-state index contributed by atoms with van der Waals surface area (Å²) in [7, 11) is 3.21. The van der Waals surface area contributed by atoms with Crippen LogP contribution in [0.4, 0.5) is 0 Å². The highest BCUT2D eigenvalue weighted by Gasteiger charge is 2.28. The van der Waals surface area contributed by atoms with Gasteiger partial charge in [0.05, 0.1) is 14.2 Å². The number of benzene rings is 1. The molecule has 142 valence electrons. The van der Waals surface area contributed by atoms with Crippen molar-refractivity contribution >= 4 is 11.8 Å².